The molecular formula is C21H44O2. The van der Waals surface area contributed by atoms with Gasteiger partial charge in [-0.05, 0) is 12.8 Å². The Hall–Kier alpha value is -0.0800. The van der Waals surface area contributed by atoms with E-state index < -0.39 is 0 Å². The van der Waals surface area contributed by atoms with Crippen LogP contribution in [0.4, 0.5) is 0 Å². The lowest BCUT2D eigenvalue weighted by Crippen LogP contribution is -2.17. The first-order valence-electron chi connectivity index (χ1n) is 10.5. The van der Waals surface area contributed by atoms with Crippen molar-refractivity contribution in [2.75, 3.05) is 20.3 Å². The fourth-order valence-corrected chi connectivity index (χ4v) is 2.97. The molecular weight excluding hydrogens is 284 g/mol. The average molecular weight is 329 g/mol. The minimum Gasteiger partial charge on any atom is -0.379 e. The smallest absolute Gasteiger partial charge is 0.0802 e. The van der Waals surface area contributed by atoms with Crippen LogP contribution < -0.4 is 0 Å². The van der Waals surface area contributed by atoms with Gasteiger partial charge in [-0.3, -0.25) is 0 Å². The summed E-state index contributed by atoms with van der Waals surface area (Å²) in [7, 11) is 1.77. The van der Waals surface area contributed by atoms with Crippen molar-refractivity contribution >= 4 is 0 Å². The van der Waals surface area contributed by atoms with Crippen LogP contribution >= 0.6 is 0 Å². The summed E-state index contributed by atoms with van der Waals surface area (Å²) in [6.07, 6.45) is 21.0. The van der Waals surface area contributed by atoms with Crippen molar-refractivity contribution in [1.82, 2.24) is 0 Å². The molecule has 23 heavy (non-hydrogen) atoms. The van der Waals surface area contributed by atoms with Crippen molar-refractivity contribution in [2.45, 2.75) is 116 Å². The van der Waals surface area contributed by atoms with Crippen LogP contribution in [0.25, 0.3) is 0 Å². The summed E-state index contributed by atoms with van der Waals surface area (Å²) in [6, 6.07) is 0. The molecule has 0 heterocycles. The van der Waals surface area contributed by atoms with E-state index in [-0.39, 0.29) is 6.10 Å². The molecule has 2 heteroatoms. The Balaban J connectivity index is 3.02. The molecule has 0 aromatic carbocycles. The van der Waals surface area contributed by atoms with E-state index in [1.165, 1.54) is 89.9 Å². The number of unbranched alkanes of at least 4 members (excludes halogenated alkanes) is 13. The molecule has 0 aliphatic heterocycles. The van der Waals surface area contributed by atoms with Crippen molar-refractivity contribution in [2.24, 2.45) is 0 Å². The Bertz CT molecular complexity index is 202. The molecule has 0 fully saturated rings. The molecule has 0 radical (unpaired) electrons. The SMILES string of the molecule is CCCCCCCCCCCCCCCCOCC(CC)OC. The zero-order valence-electron chi connectivity index (χ0n) is 16.4. The summed E-state index contributed by atoms with van der Waals surface area (Å²) in [5.74, 6) is 0. The Labute approximate surface area is 146 Å². The summed E-state index contributed by atoms with van der Waals surface area (Å²) in [5, 5.41) is 0. The molecule has 0 bridgehead atoms. The third-order valence-electron chi connectivity index (χ3n) is 4.73. The lowest BCUT2D eigenvalue weighted by molar-refractivity contribution is 0.00584. The highest BCUT2D eigenvalue weighted by Crippen LogP contribution is 2.13. The van der Waals surface area contributed by atoms with Gasteiger partial charge in [0.15, 0.2) is 0 Å². The second kappa shape index (κ2) is 20.0. The molecule has 0 aromatic rings. The first kappa shape index (κ1) is 22.9. The van der Waals surface area contributed by atoms with Gasteiger partial charge in [-0.1, -0.05) is 97.3 Å². The molecule has 0 rings (SSSR count). The van der Waals surface area contributed by atoms with Crippen molar-refractivity contribution < 1.29 is 9.47 Å². The molecule has 0 saturated carbocycles. The van der Waals surface area contributed by atoms with Crippen LogP contribution in [-0.4, -0.2) is 26.4 Å². The Morgan fingerprint density at radius 3 is 1.43 bits per heavy atom. The molecule has 1 atom stereocenters. The maximum Gasteiger partial charge on any atom is 0.0802 e. The summed E-state index contributed by atoms with van der Waals surface area (Å²) in [5.41, 5.74) is 0. The van der Waals surface area contributed by atoms with Gasteiger partial charge in [0, 0.05) is 13.7 Å². The zero-order valence-corrected chi connectivity index (χ0v) is 16.4. The largest absolute Gasteiger partial charge is 0.379 e. The summed E-state index contributed by atoms with van der Waals surface area (Å²) < 4.78 is 11.0. The molecule has 2 nitrogen and oxygen atoms in total. The van der Waals surface area contributed by atoms with Crippen molar-refractivity contribution in [3.8, 4) is 0 Å². The molecule has 1 unspecified atom stereocenters. The molecule has 140 valence electrons. The van der Waals surface area contributed by atoms with Crippen LogP contribution in [0.15, 0.2) is 0 Å². The maximum absolute atomic E-state index is 5.66. The van der Waals surface area contributed by atoms with Crippen LogP contribution in [0.5, 0.6) is 0 Å². The van der Waals surface area contributed by atoms with Crippen LogP contribution in [0.2, 0.25) is 0 Å². The minimum absolute atomic E-state index is 0.279. The summed E-state index contributed by atoms with van der Waals surface area (Å²) in [6.45, 7) is 6.09. The van der Waals surface area contributed by atoms with Crippen molar-refractivity contribution in [1.29, 1.82) is 0 Å². The van der Waals surface area contributed by atoms with Crippen LogP contribution in [-0.2, 0) is 9.47 Å². The molecule has 0 amide bonds. The lowest BCUT2D eigenvalue weighted by Gasteiger charge is -2.12. The van der Waals surface area contributed by atoms with Gasteiger partial charge < -0.3 is 9.47 Å². The predicted octanol–water partition coefficient (Wildman–Crippen LogP) is 6.91. The second-order valence-corrected chi connectivity index (χ2v) is 6.94. The average Bonchev–Trinajstić information content (AvgIpc) is 2.58. The maximum atomic E-state index is 5.66. The molecule has 0 spiro atoms. The standard InChI is InChI=1S/C21H44O2/c1-4-6-7-8-9-10-11-12-13-14-15-16-17-18-19-23-20-21(5-2)22-3/h21H,4-20H2,1-3H3. The third-order valence-corrected chi connectivity index (χ3v) is 4.73. The van der Waals surface area contributed by atoms with Gasteiger partial charge in [0.05, 0.1) is 12.7 Å². The number of methoxy groups -OCH3 is 1. The van der Waals surface area contributed by atoms with Gasteiger partial charge in [0.1, 0.15) is 0 Å². The van der Waals surface area contributed by atoms with Gasteiger partial charge in [0.2, 0.25) is 0 Å². The molecule has 0 N–H and O–H groups in total. The first-order chi connectivity index (χ1) is 11.3. The van der Waals surface area contributed by atoms with Gasteiger partial charge >= 0.3 is 0 Å². The van der Waals surface area contributed by atoms with Crippen LogP contribution in [0, 0.1) is 0 Å². The molecule has 0 aromatic heterocycles. The van der Waals surface area contributed by atoms with E-state index >= 15 is 0 Å². The fourth-order valence-electron chi connectivity index (χ4n) is 2.97. The van der Waals surface area contributed by atoms with E-state index in [9.17, 15) is 0 Å². The highest BCUT2D eigenvalue weighted by atomic mass is 16.5. The second-order valence-electron chi connectivity index (χ2n) is 6.94. The van der Waals surface area contributed by atoms with Crippen LogP contribution in [0.3, 0.4) is 0 Å². The van der Waals surface area contributed by atoms with E-state index in [2.05, 4.69) is 13.8 Å². The Morgan fingerprint density at radius 1 is 0.609 bits per heavy atom. The van der Waals surface area contributed by atoms with Crippen molar-refractivity contribution in [3.05, 3.63) is 0 Å². The van der Waals surface area contributed by atoms with Crippen molar-refractivity contribution in [3.63, 3.8) is 0 Å². The number of rotatable bonds is 19. The van der Waals surface area contributed by atoms with Crippen LogP contribution in [0.1, 0.15) is 110 Å². The van der Waals surface area contributed by atoms with Gasteiger partial charge in [-0.15, -0.1) is 0 Å². The molecule has 0 aliphatic rings. The highest BCUT2D eigenvalue weighted by molar-refractivity contribution is 4.52. The topological polar surface area (TPSA) is 18.5 Å². The quantitative estimate of drug-likeness (QED) is 0.240. The van der Waals surface area contributed by atoms with E-state index in [1.54, 1.807) is 7.11 Å². The van der Waals surface area contributed by atoms with E-state index in [0.717, 1.165) is 19.6 Å². The Morgan fingerprint density at radius 2 is 1.04 bits per heavy atom. The minimum atomic E-state index is 0.279. The van der Waals surface area contributed by atoms with E-state index in [1.807, 2.05) is 0 Å². The molecule has 0 saturated heterocycles. The number of ether oxygens (including phenoxy) is 2. The highest BCUT2D eigenvalue weighted by Gasteiger charge is 2.03. The summed E-state index contributed by atoms with van der Waals surface area (Å²) >= 11 is 0. The van der Waals surface area contributed by atoms with Gasteiger partial charge in [0.25, 0.3) is 0 Å². The number of hydrogen-bond acceptors (Lipinski definition) is 2. The monoisotopic (exact) mass is 328 g/mol. The molecule has 0 aliphatic carbocycles. The zero-order chi connectivity index (χ0) is 17.0. The van der Waals surface area contributed by atoms with Gasteiger partial charge in [-0.25, -0.2) is 0 Å². The normalized spacial score (nSPS) is 12.7. The Kier molecular flexibility index (Phi) is 19.9. The fraction of sp³-hybridized carbons (Fsp3) is 1.00. The van der Waals surface area contributed by atoms with Gasteiger partial charge in [-0.2, -0.15) is 0 Å². The first-order valence-corrected chi connectivity index (χ1v) is 10.5. The lowest BCUT2D eigenvalue weighted by atomic mass is 10.0. The summed E-state index contributed by atoms with van der Waals surface area (Å²) in [4.78, 5) is 0. The number of hydrogen-bond donors (Lipinski definition) is 0. The predicted molar refractivity (Wildman–Crippen MR) is 102 cm³/mol. The third kappa shape index (κ3) is 18.1. The van der Waals surface area contributed by atoms with E-state index in [4.69, 9.17) is 9.47 Å². The van der Waals surface area contributed by atoms with E-state index in [0.29, 0.717) is 0 Å².